The molecule has 0 radical (unpaired) electrons. The molecule has 2 heterocycles. The Morgan fingerprint density at radius 2 is 1.85 bits per heavy atom. The molecule has 1 N–H and O–H groups in total. The van der Waals surface area contributed by atoms with Gasteiger partial charge in [-0.1, -0.05) is 16.8 Å². The fourth-order valence-corrected chi connectivity index (χ4v) is 2.81. The van der Waals surface area contributed by atoms with Crippen LogP contribution >= 0.6 is 11.6 Å². The molecule has 0 bridgehead atoms. The van der Waals surface area contributed by atoms with Crippen molar-refractivity contribution >= 4 is 35.0 Å². The van der Waals surface area contributed by atoms with Gasteiger partial charge in [0.2, 0.25) is 0 Å². The predicted octanol–water partition coefficient (Wildman–Crippen LogP) is 4.20. The van der Waals surface area contributed by atoms with Gasteiger partial charge in [0.25, 0.3) is 5.91 Å². The highest BCUT2D eigenvalue weighted by molar-refractivity contribution is 6.30. The summed E-state index contributed by atoms with van der Waals surface area (Å²) in [5.74, 6) is 0.0759. The van der Waals surface area contributed by atoms with Crippen molar-refractivity contribution in [3.8, 4) is 11.3 Å². The number of aromatic nitrogens is 1. The van der Waals surface area contributed by atoms with E-state index < -0.39 is 5.91 Å². The molecule has 0 saturated carbocycles. The van der Waals surface area contributed by atoms with Crippen LogP contribution in [0.2, 0.25) is 5.02 Å². The van der Waals surface area contributed by atoms with Crippen molar-refractivity contribution in [2.24, 2.45) is 0 Å². The van der Waals surface area contributed by atoms with Crippen molar-refractivity contribution in [3.63, 3.8) is 0 Å². The van der Waals surface area contributed by atoms with Crippen molar-refractivity contribution in [1.29, 1.82) is 0 Å². The highest BCUT2D eigenvalue weighted by Gasteiger charge is 2.23. The Morgan fingerprint density at radius 1 is 1.11 bits per heavy atom. The molecule has 1 saturated heterocycles. The largest absolute Gasteiger partial charge is 0.447 e. The summed E-state index contributed by atoms with van der Waals surface area (Å²) in [5.41, 5.74) is 2.22. The minimum Gasteiger partial charge on any atom is -0.447 e. The van der Waals surface area contributed by atoms with Crippen molar-refractivity contribution < 1.29 is 18.8 Å². The van der Waals surface area contributed by atoms with Gasteiger partial charge in [0, 0.05) is 28.0 Å². The normalized spacial score (nSPS) is 13.5. The van der Waals surface area contributed by atoms with Gasteiger partial charge < -0.3 is 14.6 Å². The predicted molar refractivity (Wildman–Crippen MR) is 100 cm³/mol. The molecule has 0 atom stereocenters. The summed E-state index contributed by atoms with van der Waals surface area (Å²) >= 11 is 5.87. The molecule has 2 amide bonds. The number of hydrogen-bond acceptors (Lipinski definition) is 5. The van der Waals surface area contributed by atoms with Crippen molar-refractivity contribution in [2.75, 3.05) is 23.4 Å². The van der Waals surface area contributed by atoms with Gasteiger partial charge in [-0.3, -0.25) is 9.69 Å². The fraction of sp³-hybridized carbons (Fsp3) is 0.105. The Hall–Kier alpha value is -3.32. The smallest absolute Gasteiger partial charge is 0.414 e. The molecule has 136 valence electrons. The number of carbonyl (C=O) groups is 2. The fourth-order valence-electron chi connectivity index (χ4n) is 2.68. The van der Waals surface area contributed by atoms with E-state index in [1.807, 2.05) is 0 Å². The van der Waals surface area contributed by atoms with Gasteiger partial charge in [-0.2, -0.15) is 0 Å². The first-order chi connectivity index (χ1) is 13.1. The summed E-state index contributed by atoms with van der Waals surface area (Å²) in [5, 5.41) is 7.17. The van der Waals surface area contributed by atoms with Crippen LogP contribution in [0.4, 0.5) is 16.2 Å². The molecule has 8 heteroatoms. The molecule has 1 aliphatic rings. The molecule has 2 aromatic carbocycles. The zero-order valence-corrected chi connectivity index (χ0v) is 14.8. The number of halogens is 1. The van der Waals surface area contributed by atoms with Crippen LogP contribution in [0.15, 0.2) is 59.1 Å². The zero-order chi connectivity index (χ0) is 18.8. The zero-order valence-electron chi connectivity index (χ0n) is 14.0. The number of nitrogens with one attached hydrogen (secondary N) is 1. The first-order valence-corrected chi connectivity index (χ1v) is 8.56. The highest BCUT2D eigenvalue weighted by atomic mass is 35.5. The Balaban J connectivity index is 1.45. The second-order valence-corrected chi connectivity index (χ2v) is 6.29. The van der Waals surface area contributed by atoms with E-state index in [4.69, 9.17) is 20.9 Å². The third kappa shape index (κ3) is 3.63. The number of anilines is 2. The number of nitrogens with zero attached hydrogens (tertiary/aromatic N) is 2. The van der Waals surface area contributed by atoms with Crippen LogP contribution in [-0.2, 0) is 4.74 Å². The SMILES string of the molecule is O=C(Nc1ccc(N2CCOC2=O)cc1)c1cc(-c2ccc(Cl)cc2)on1. The first kappa shape index (κ1) is 17.1. The van der Waals surface area contributed by atoms with Crippen LogP contribution in [-0.4, -0.2) is 30.3 Å². The maximum atomic E-state index is 12.4. The molecule has 4 rings (SSSR count). The average Bonchev–Trinajstić information content (AvgIpc) is 3.32. The van der Waals surface area contributed by atoms with E-state index in [9.17, 15) is 9.59 Å². The van der Waals surface area contributed by atoms with E-state index in [2.05, 4.69) is 10.5 Å². The number of hydrogen-bond donors (Lipinski definition) is 1. The van der Waals surface area contributed by atoms with Crippen LogP contribution in [0.25, 0.3) is 11.3 Å². The van der Waals surface area contributed by atoms with Crippen LogP contribution < -0.4 is 10.2 Å². The molecule has 1 fully saturated rings. The van der Waals surface area contributed by atoms with Crippen molar-refractivity contribution in [3.05, 3.63) is 65.3 Å². The molecule has 7 nitrogen and oxygen atoms in total. The maximum Gasteiger partial charge on any atom is 0.414 e. The van der Waals surface area contributed by atoms with E-state index in [-0.39, 0.29) is 11.8 Å². The lowest BCUT2D eigenvalue weighted by atomic mass is 10.1. The van der Waals surface area contributed by atoms with E-state index in [0.29, 0.717) is 35.3 Å². The maximum absolute atomic E-state index is 12.4. The van der Waals surface area contributed by atoms with Crippen LogP contribution in [0.1, 0.15) is 10.5 Å². The summed E-state index contributed by atoms with van der Waals surface area (Å²) in [6.45, 7) is 0.885. The van der Waals surface area contributed by atoms with Gasteiger partial charge in [-0.15, -0.1) is 0 Å². The second-order valence-electron chi connectivity index (χ2n) is 5.85. The number of amides is 2. The number of rotatable bonds is 4. The van der Waals surface area contributed by atoms with Crippen LogP contribution in [0.5, 0.6) is 0 Å². The standard InChI is InChI=1S/C19H14ClN3O4/c20-13-3-1-12(2-4-13)17-11-16(22-27-17)18(24)21-14-5-7-15(8-6-14)23-9-10-26-19(23)25/h1-8,11H,9-10H2,(H,21,24). The third-order valence-electron chi connectivity index (χ3n) is 4.07. The number of ether oxygens (including phenoxy) is 1. The molecular formula is C19H14ClN3O4. The average molecular weight is 384 g/mol. The van der Waals surface area contributed by atoms with Gasteiger partial charge in [0.05, 0.1) is 6.54 Å². The Morgan fingerprint density at radius 3 is 2.52 bits per heavy atom. The van der Waals surface area contributed by atoms with E-state index >= 15 is 0 Å². The van der Waals surface area contributed by atoms with Crippen LogP contribution in [0.3, 0.4) is 0 Å². The third-order valence-corrected chi connectivity index (χ3v) is 4.32. The number of cyclic esters (lactones) is 1. The van der Waals surface area contributed by atoms with Gasteiger partial charge >= 0.3 is 6.09 Å². The summed E-state index contributed by atoms with van der Waals surface area (Å²) in [4.78, 5) is 25.5. The number of carbonyl (C=O) groups excluding carboxylic acids is 2. The lowest BCUT2D eigenvalue weighted by Gasteiger charge is -2.13. The van der Waals surface area contributed by atoms with Gasteiger partial charge in [-0.05, 0) is 48.5 Å². The molecular weight excluding hydrogens is 370 g/mol. The van der Waals surface area contributed by atoms with E-state index in [0.717, 1.165) is 5.56 Å². The lowest BCUT2D eigenvalue weighted by molar-refractivity contribution is 0.101. The Bertz CT molecular complexity index is 983. The second kappa shape index (κ2) is 7.13. The van der Waals surface area contributed by atoms with Crippen molar-refractivity contribution in [2.45, 2.75) is 0 Å². The minimum atomic E-state index is -0.396. The van der Waals surface area contributed by atoms with Gasteiger partial charge in [-0.25, -0.2) is 4.79 Å². The quantitative estimate of drug-likeness (QED) is 0.729. The lowest BCUT2D eigenvalue weighted by Crippen LogP contribution is -2.23. The first-order valence-electron chi connectivity index (χ1n) is 8.18. The highest BCUT2D eigenvalue weighted by Crippen LogP contribution is 2.24. The van der Waals surface area contributed by atoms with E-state index in [1.54, 1.807) is 54.6 Å². The minimum absolute atomic E-state index is 0.159. The summed E-state index contributed by atoms with van der Waals surface area (Å²) in [7, 11) is 0. The van der Waals surface area contributed by atoms with Gasteiger partial charge in [0.1, 0.15) is 6.61 Å². The summed E-state index contributed by atoms with van der Waals surface area (Å²) in [6.07, 6.45) is -0.371. The molecule has 27 heavy (non-hydrogen) atoms. The molecule has 1 aliphatic heterocycles. The van der Waals surface area contributed by atoms with Gasteiger partial charge in [0.15, 0.2) is 11.5 Å². The summed E-state index contributed by atoms with van der Waals surface area (Å²) in [6, 6.07) is 15.5. The Kier molecular flexibility index (Phi) is 4.52. The molecule has 0 unspecified atom stereocenters. The van der Waals surface area contributed by atoms with Crippen LogP contribution in [0, 0.1) is 0 Å². The summed E-state index contributed by atoms with van der Waals surface area (Å²) < 4.78 is 10.1. The Labute approximate surface area is 159 Å². The molecule has 0 spiro atoms. The number of benzene rings is 2. The molecule has 0 aliphatic carbocycles. The monoisotopic (exact) mass is 383 g/mol. The van der Waals surface area contributed by atoms with E-state index in [1.165, 1.54) is 4.90 Å². The molecule has 1 aromatic heterocycles. The van der Waals surface area contributed by atoms with Crippen molar-refractivity contribution in [1.82, 2.24) is 5.16 Å². The topological polar surface area (TPSA) is 84.7 Å². The molecule has 3 aromatic rings.